The van der Waals surface area contributed by atoms with Crippen molar-refractivity contribution in [2.45, 2.75) is 11.3 Å². The van der Waals surface area contributed by atoms with Crippen LogP contribution in [0, 0.1) is 0 Å². The molecule has 6 nitrogen and oxygen atoms in total. The highest BCUT2D eigenvalue weighted by Gasteiger charge is 2.38. The zero-order valence-corrected chi connectivity index (χ0v) is 12.6. The van der Waals surface area contributed by atoms with Gasteiger partial charge in [-0.05, 0) is 23.9 Å². The molecule has 3 heterocycles. The molecule has 1 unspecified atom stereocenters. The van der Waals surface area contributed by atoms with Gasteiger partial charge in [0.2, 0.25) is 5.76 Å². The summed E-state index contributed by atoms with van der Waals surface area (Å²) in [5.74, 6) is -1.12. The van der Waals surface area contributed by atoms with Crippen LogP contribution in [0.15, 0.2) is 51.7 Å². The van der Waals surface area contributed by atoms with Gasteiger partial charge in [-0.25, -0.2) is 14.8 Å². The van der Waals surface area contributed by atoms with Crippen molar-refractivity contribution in [3.8, 4) is 0 Å². The first-order chi connectivity index (χ1) is 10.7. The van der Waals surface area contributed by atoms with Crippen LogP contribution in [0.4, 0.5) is 0 Å². The Labute approximate surface area is 132 Å². The van der Waals surface area contributed by atoms with E-state index in [4.69, 9.17) is 4.74 Å². The van der Waals surface area contributed by atoms with Gasteiger partial charge in [0.1, 0.15) is 5.01 Å². The van der Waals surface area contributed by atoms with Crippen molar-refractivity contribution in [2.24, 2.45) is 0 Å². The standard InChI is InChI=1S/C14H9N3O3S2/c18-9-11(10(20-13(9)19)12-15-5-6-21-12)22-14-16-7-3-1-2-4-8(7)17-14/h1-6,10,18H,(H,16,17). The molecule has 0 spiro atoms. The van der Waals surface area contributed by atoms with E-state index >= 15 is 0 Å². The Morgan fingerprint density at radius 1 is 1.36 bits per heavy atom. The molecule has 1 aromatic carbocycles. The maximum Gasteiger partial charge on any atom is 0.375 e. The number of nitrogens with zero attached hydrogens (tertiary/aromatic N) is 2. The van der Waals surface area contributed by atoms with Crippen molar-refractivity contribution in [2.75, 3.05) is 0 Å². The molecule has 0 radical (unpaired) electrons. The molecule has 0 amide bonds. The molecule has 0 saturated carbocycles. The number of aromatic nitrogens is 3. The van der Waals surface area contributed by atoms with E-state index < -0.39 is 12.1 Å². The lowest BCUT2D eigenvalue weighted by Gasteiger charge is -2.08. The smallest absolute Gasteiger partial charge is 0.375 e. The highest BCUT2D eigenvalue weighted by atomic mass is 32.2. The number of benzene rings is 1. The van der Waals surface area contributed by atoms with Gasteiger partial charge < -0.3 is 14.8 Å². The van der Waals surface area contributed by atoms with Gasteiger partial charge in [0.25, 0.3) is 0 Å². The van der Waals surface area contributed by atoms with Crippen LogP contribution in [-0.2, 0) is 9.53 Å². The number of para-hydroxylation sites is 2. The van der Waals surface area contributed by atoms with Crippen LogP contribution in [0.2, 0.25) is 0 Å². The molecule has 2 aromatic heterocycles. The molecule has 0 fully saturated rings. The second kappa shape index (κ2) is 5.15. The zero-order valence-electron chi connectivity index (χ0n) is 11.0. The lowest BCUT2D eigenvalue weighted by molar-refractivity contribution is -0.142. The van der Waals surface area contributed by atoms with E-state index in [0.29, 0.717) is 15.1 Å². The van der Waals surface area contributed by atoms with Crippen LogP contribution >= 0.6 is 23.1 Å². The van der Waals surface area contributed by atoms with E-state index in [2.05, 4.69) is 15.0 Å². The fourth-order valence-electron chi connectivity index (χ4n) is 2.15. The number of carbonyl (C=O) groups excluding carboxylic acids is 1. The first-order valence-electron chi connectivity index (χ1n) is 6.38. The van der Waals surface area contributed by atoms with Crippen molar-refractivity contribution in [3.63, 3.8) is 0 Å². The Balaban J connectivity index is 1.71. The quantitative estimate of drug-likeness (QED) is 0.717. The summed E-state index contributed by atoms with van der Waals surface area (Å²) in [5, 5.41) is 13.0. The second-order valence-corrected chi connectivity index (χ2v) is 6.49. The predicted molar refractivity (Wildman–Crippen MR) is 82.6 cm³/mol. The first-order valence-corrected chi connectivity index (χ1v) is 8.08. The summed E-state index contributed by atoms with van der Waals surface area (Å²) in [6, 6.07) is 7.61. The van der Waals surface area contributed by atoms with Gasteiger partial charge >= 0.3 is 5.97 Å². The van der Waals surface area contributed by atoms with E-state index in [1.807, 2.05) is 24.3 Å². The van der Waals surface area contributed by atoms with Crippen molar-refractivity contribution in [1.29, 1.82) is 0 Å². The van der Waals surface area contributed by atoms with Crippen molar-refractivity contribution < 1.29 is 14.6 Å². The Bertz CT molecular complexity index is 853. The van der Waals surface area contributed by atoms with Crippen molar-refractivity contribution in [3.05, 3.63) is 51.5 Å². The number of hydrogen-bond acceptors (Lipinski definition) is 7. The third-order valence-corrected chi connectivity index (χ3v) is 4.97. The molecule has 1 aliphatic heterocycles. The molecule has 0 aliphatic carbocycles. The number of thioether (sulfide) groups is 1. The maximum atomic E-state index is 11.7. The molecule has 1 atom stereocenters. The number of H-pyrrole nitrogens is 1. The fraction of sp³-hybridized carbons (Fsp3) is 0.0714. The fourth-order valence-corrected chi connectivity index (χ4v) is 3.86. The number of fused-ring (bicyclic) bond motifs is 1. The van der Waals surface area contributed by atoms with Crippen LogP contribution < -0.4 is 0 Å². The van der Waals surface area contributed by atoms with Crippen LogP contribution in [0.25, 0.3) is 11.0 Å². The summed E-state index contributed by atoms with van der Waals surface area (Å²) in [4.78, 5) is 23.8. The number of esters is 1. The average Bonchev–Trinajstić information content (AvgIpc) is 3.22. The van der Waals surface area contributed by atoms with E-state index in [9.17, 15) is 9.90 Å². The first kappa shape index (κ1) is 13.4. The van der Waals surface area contributed by atoms with E-state index in [-0.39, 0.29) is 5.76 Å². The number of carbonyl (C=O) groups is 1. The number of thiazole rings is 1. The summed E-state index contributed by atoms with van der Waals surface area (Å²) in [5.41, 5.74) is 1.71. The topological polar surface area (TPSA) is 88.1 Å². The zero-order chi connectivity index (χ0) is 15.1. The molecule has 4 rings (SSSR count). The third-order valence-electron chi connectivity index (χ3n) is 3.14. The van der Waals surface area contributed by atoms with E-state index in [0.717, 1.165) is 11.0 Å². The number of cyclic esters (lactones) is 1. The van der Waals surface area contributed by atoms with E-state index in [1.165, 1.54) is 23.1 Å². The molecule has 0 saturated heterocycles. The van der Waals surface area contributed by atoms with Crippen LogP contribution in [0.5, 0.6) is 0 Å². The Morgan fingerprint density at radius 3 is 3.00 bits per heavy atom. The maximum absolute atomic E-state index is 11.7. The van der Waals surface area contributed by atoms with Gasteiger partial charge in [-0.15, -0.1) is 11.3 Å². The molecule has 3 aromatic rings. The van der Waals surface area contributed by atoms with Crippen molar-refractivity contribution >= 4 is 40.1 Å². The summed E-state index contributed by atoms with van der Waals surface area (Å²) >= 11 is 2.54. The number of aliphatic hydroxyl groups is 1. The number of aliphatic hydroxyl groups excluding tert-OH is 1. The third kappa shape index (κ3) is 2.16. The van der Waals surface area contributed by atoms with Gasteiger partial charge in [0.15, 0.2) is 11.3 Å². The van der Waals surface area contributed by atoms with Gasteiger partial charge in [-0.3, -0.25) is 0 Å². The summed E-state index contributed by atoms with van der Waals surface area (Å²) in [7, 11) is 0. The molecule has 0 bridgehead atoms. The summed E-state index contributed by atoms with van der Waals surface area (Å²) < 4.78 is 5.20. The molecular weight excluding hydrogens is 322 g/mol. The van der Waals surface area contributed by atoms with Crippen LogP contribution in [0.3, 0.4) is 0 Å². The lowest BCUT2D eigenvalue weighted by atomic mass is 10.3. The Hall–Kier alpha value is -2.32. The average molecular weight is 331 g/mol. The van der Waals surface area contributed by atoms with E-state index in [1.54, 1.807) is 11.6 Å². The van der Waals surface area contributed by atoms with Crippen LogP contribution in [-0.4, -0.2) is 26.0 Å². The molecule has 110 valence electrons. The SMILES string of the molecule is O=C1OC(c2nccs2)C(Sc2nc3ccccc3[nH]2)=C1O. The number of nitrogens with one attached hydrogen (secondary N) is 1. The number of rotatable bonds is 3. The molecule has 1 aliphatic rings. The largest absolute Gasteiger partial charge is 0.501 e. The Kier molecular flexibility index (Phi) is 3.12. The van der Waals surface area contributed by atoms with Gasteiger partial charge in [-0.1, -0.05) is 12.1 Å². The highest BCUT2D eigenvalue weighted by molar-refractivity contribution is 8.03. The van der Waals surface area contributed by atoms with Gasteiger partial charge in [0, 0.05) is 11.6 Å². The molecular formula is C14H9N3O3S2. The summed E-state index contributed by atoms with van der Waals surface area (Å²) in [6.07, 6.45) is 0.956. The molecule has 2 N–H and O–H groups in total. The lowest BCUT2D eigenvalue weighted by Crippen LogP contribution is -2.02. The predicted octanol–water partition coefficient (Wildman–Crippen LogP) is 3.18. The number of aromatic amines is 1. The van der Waals surface area contributed by atoms with Gasteiger partial charge in [0.05, 0.1) is 15.9 Å². The monoisotopic (exact) mass is 331 g/mol. The highest BCUT2D eigenvalue weighted by Crippen LogP contribution is 2.44. The minimum absolute atomic E-state index is 0.384. The normalized spacial score (nSPS) is 18.2. The van der Waals surface area contributed by atoms with Crippen LogP contribution in [0.1, 0.15) is 11.1 Å². The minimum Gasteiger partial charge on any atom is -0.501 e. The molecule has 8 heteroatoms. The van der Waals surface area contributed by atoms with Crippen molar-refractivity contribution in [1.82, 2.24) is 15.0 Å². The summed E-state index contributed by atoms with van der Waals surface area (Å²) in [6.45, 7) is 0. The number of ether oxygens (including phenoxy) is 1. The minimum atomic E-state index is -0.737. The Morgan fingerprint density at radius 2 is 2.23 bits per heavy atom. The van der Waals surface area contributed by atoms with Gasteiger partial charge in [-0.2, -0.15) is 0 Å². The molecule has 22 heavy (non-hydrogen) atoms. The number of imidazole rings is 1. The number of hydrogen-bond donors (Lipinski definition) is 2. The second-order valence-electron chi connectivity index (χ2n) is 4.53.